The van der Waals surface area contributed by atoms with Crippen molar-refractivity contribution in [3.05, 3.63) is 41.6 Å². The molecule has 16 heavy (non-hydrogen) atoms. The molecule has 0 unspecified atom stereocenters. The fourth-order valence-corrected chi connectivity index (χ4v) is 1.78. The monoisotopic (exact) mass is 217 g/mol. The highest BCUT2D eigenvalue weighted by Gasteiger charge is 2.11. The van der Waals surface area contributed by atoms with Crippen LogP contribution in [0, 0.1) is 6.92 Å². The van der Waals surface area contributed by atoms with Crippen LogP contribution < -0.4 is 0 Å². The summed E-state index contributed by atoms with van der Waals surface area (Å²) < 4.78 is 10.4. The summed E-state index contributed by atoms with van der Waals surface area (Å²) in [7, 11) is 3.22. The molecule has 0 fully saturated rings. The molecule has 0 saturated heterocycles. The molecule has 84 valence electrons. The van der Waals surface area contributed by atoms with Crippen LogP contribution in [0.5, 0.6) is 0 Å². The second kappa shape index (κ2) is 4.60. The number of pyridine rings is 1. The Bertz CT molecular complexity index is 492. The Balaban J connectivity index is 2.54. The van der Waals surface area contributed by atoms with Crippen LogP contribution in [0.4, 0.5) is 0 Å². The Labute approximate surface area is 95.0 Å². The van der Waals surface area contributed by atoms with Crippen molar-refractivity contribution < 1.29 is 9.47 Å². The number of para-hydroxylation sites is 1. The first kappa shape index (κ1) is 11.0. The number of hydrogen-bond acceptors (Lipinski definition) is 3. The highest BCUT2D eigenvalue weighted by atomic mass is 16.7. The summed E-state index contributed by atoms with van der Waals surface area (Å²) in [4.78, 5) is 4.57. The minimum Gasteiger partial charge on any atom is -0.350 e. The van der Waals surface area contributed by atoms with Gasteiger partial charge in [0.1, 0.15) is 0 Å². The minimum absolute atomic E-state index is 0.399. The first-order valence-corrected chi connectivity index (χ1v) is 5.18. The number of hydrogen-bond donors (Lipinski definition) is 0. The van der Waals surface area contributed by atoms with E-state index in [1.807, 2.05) is 37.3 Å². The minimum atomic E-state index is -0.399. The maximum atomic E-state index is 5.19. The lowest BCUT2D eigenvalue weighted by Gasteiger charge is -2.13. The van der Waals surface area contributed by atoms with Crippen LogP contribution in [0.2, 0.25) is 0 Å². The van der Waals surface area contributed by atoms with E-state index in [2.05, 4.69) is 4.98 Å². The van der Waals surface area contributed by atoms with Crippen molar-refractivity contribution in [3.8, 4) is 0 Å². The van der Waals surface area contributed by atoms with E-state index in [1.165, 1.54) is 0 Å². The van der Waals surface area contributed by atoms with Gasteiger partial charge in [0, 0.05) is 19.6 Å². The summed E-state index contributed by atoms with van der Waals surface area (Å²) >= 11 is 0. The Morgan fingerprint density at radius 2 is 1.81 bits per heavy atom. The van der Waals surface area contributed by atoms with Crippen molar-refractivity contribution in [1.29, 1.82) is 0 Å². The van der Waals surface area contributed by atoms with Gasteiger partial charge in [-0.15, -0.1) is 0 Å². The third-order valence-electron chi connectivity index (χ3n) is 2.61. The van der Waals surface area contributed by atoms with Gasteiger partial charge in [0.15, 0.2) is 0 Å². The summed E-state index contributed by atoms with van der Waals surface area (Å²) in [6.07, 6.45) is -0.399. The molecule has 0 aliphatic carbocycles. The standard InChI is InChI=1S/C13H15NO2/c1-9-5-4-6-10-7-8-11(14-12(9)10)13(15-2)16-3/h4-8,13H,1-3H3. The van der Waals surface area contributed by atoms with Crippen LogP contribution in [-0.4, -0.2) is 19.2 Å². The maximum Gasteiger partial charge on any atom is 0.200 e. The predicted molar refractivity (Wildman–Crippen MR) is 63.2 cm³/mol. The third kappa shape index (κ3) is 1.92. The quantitative estimate of drug-likeness (QED) is 0.741. The number of ether oxygens (including phenoxy) is 2. The molecule has 0 aliphatic rings. The number of aromatic nitrogens is 1. The van der Waals surface area contributed by atoms with E-state index < -0.39 is 6.29 Å². The van der Waals surface area contributed by atoms with Gasteiger partial charge < -0.3 is 9.47 Å². The normalized spacial score (nSPS) is 11.2. The van der Waals surface area contributed by atoms with Gasteiger partial charge in [-0.1, -0.05) is 24.3 Å². The number of aryl methyl sites for hydroxylation is 1. The number of methoxy groups -OCH3 is 2. The number of nitrogens with zero attached hydrogens (tertiary/aromatic N) is 1. The average molecular weight is 217 g/mol. The van der Waals surface area contributed by atoms with Crippen LogP contribution >= 0.6 is 0 Å². The topological polar surface area (TPSA) is 31.4 Å². The summed E-state index contributed by atoms with van der Waals surface area (Å²) in [5.41, 5.74) is 2.95. The molecule has 0 amide bonds. The van der Waals surface area contributed by atoms with Gasteiger partial charge in [-0.25, -0.2) is 4.98 Å². The van der Waals surface area contributed by atoms with E-state index in [1.54, 1.807) is 14.2 Å². The van der Waals surface area contributed by atoms with E-state index in [-0.39, 0.29) is 0 Å². The van der Waals surface area contributed by atoms with Gasteiger partial charge in [-0.2, -0.15) is 0 Å². The van der Waals surface area contributed by atoms with E-state index in [0.717, 1.165) is 22.2 Å². The molecule has 0 saturated carbocycles. The second-order valence-corrected chi connectivity index (χ2v) is 3.69. The number of rotatable bonds is 3. The fraction of sp³-hybridized carbons (Fsp3) is 0.308. The smallest absolute Gasteiger partial charge is 0.200 e. The average Bonchev–Trinajstić information content (AvgIpc) is 2.32. The van der Waals surface area contributed by atoms with E-state index in [0.29, 0.717) is 0 Å². The first-order valence-electron chi connectivity index (χ1n) is 5.18. The SMILES string of the molecule is COC(OC)c1ccc2cccc(C)c2n1. The van der Waals surface area contributed by atoms with Crippen molar-refractivity contribution in [3.63, 3.8) is 0 Å². The van der Waals surface area contributed by atoms with Crippen LogP contribution in [0.25, 0.3) is 10.9 Å². The molecule has 1 heterocycles. The lowest BCUT2D eigenvalue weighted by Crippen LogP contribution is -2.06. The van der Waals surface area contributed by atoms with E-state index in [4.69, 9.17) is 9.47 Å². The Kier molecular flexibility index (Phi) is 3.17. The van der Waals surface area contributed by atoms with Crippen LogP contribution in [-0.2, 0) is 9.47 Å². The van der Waals surface area contributed by atoms with Crippen LogP contribution in [0.3, 0.4) is 0 Å². The Morgan fingerprint density at radius 1 is 1.06 bits per heavy atom. The Hall–Kier alpha value is -1.45. The summed E-state index contributed by atoms with van der Waals surface area (Å²) in [6.45, 7) is 2.05. The zero-order valence-electron chi connectivity index (χ0n) is 9.73. The summed E-state index contributed by atoms with van der Waals surface area (Å²) in [5, 5.41) is 1.13. The highest BCUT2D eigenvalue weighted by Crippen LogP contribution is 2.21. The zero-order valence-corrected chi connectivity index (χ0v) is 9.73. The number of benzene rings is 1. The lowest BCUT2D eigenvalue weighted by atomic mass is 10.1. The van der Waals surface area contributed by atoms with Gasteiger partial charge in [-0.3, -0.25) is 0 Å². The molecule has 0 aliphatic heterocycles. The zero-order chi connectivity index (χ0) is 11.5. The molecule has 1 aromatic carbocycles. The van der Waals surface area contributed by atoms with Crippen LogP contribution in [0.15, 0.2) is 30.3 Å². The van der Waals surface area contributed by atoms with Gasteiger partial charge in [0.05, 0.1) is 11.2 Å². The Morgan fingerprint density at radius 3 is 2.50 bits per heavy atom. The van der Waals surface area contributed by atoms with Gasteiger partial charge in [0.2, 0.25) is 6.29 Å². The molecule has 0 radical (unpaired) electrons. The maximum absolute atomic E-state index is 5.19. The molecule has 0 atom stereocenters. The van der Waals surface area contributed by atoms with Crippen molar-refractivity contribution in [2.24, 2.45) is 0 Å². The van der Waals surface area contributed by atoms with Crippen LogP contribution in [0.1, 0.15) is 17.5 Å². The predicted octanol–water partition coefficient (Wildman–Crippen LogP) is 2.83. The largest absolute Gasteiger partial charge is 0.350 e. The molecule has 0 N–H and O–H groups in total. The van der Waals surface area contributed by atoms with Crippen molar-refractivity contribution in [2.75, 3.05) is 14.2 Å². The summed E-state index contributed by atoms with van der Waals surface area (Å²) in [5.74, 6) is 0. The molecule has 2 rings (SSSR count). The molecule has 1 aromatic heterocycles. The second-order valence-electron chi connectivity index (χ2n) is 3.69. The van der Waals surface area contributed by atoms with Gasteiger partial charge in [0.25, 0.3) is 0 Å². The van der Waals surface area contributed by atoms with Gasteiger partial charge in [-0.05, 0) is 18.6 Å². The molecular formula is C13H15NO2. The fourth-order valence-electron chi connectivity index (χ4n) is 1.78. The molecule has 0 spiro atoms. The lowest BCUT2D eigenvalue weighted by molar-refractivity contribution is -0.108. The van der Waals surface area contributed by atoms with Crippen molar-refractivity contribution in [2.45, 2.75) is 13.2 Å². The first-order chi connectivity index (χ1) is 7.76. The molecular weight excluding hydrogens is 202 g/mol. The highest BCUT2D eigenvalue weighted by molar-refractivity contribution is 5.81. The van der Waals surface area contributed by atoms with E-state index in [9.17, 15) is 0 Å². The van der Waals surface area contributed by atoms with Gasteiger partial charge >= 0.3 is 0 Å². The molecule has 3 heteroatoms. The van der Waals surface area contributed by atoms with Crippen molar-refractivity contribution in [1.82, 2.24) is 4.98 Å². The third-order valence-corrected chi connectivity index (χ3v) is 2.61. The number of fused-ring (bicyclic) bond motifs is 1. The summed E-state index contributed by atoms with van der Waals surface area (Å²) in [6, 6.07) is 10.1. The molecule has 3 nitrogen and oxygen atoms in total. The van der Waals surface area contributed by atoms with Crippen molar-refractivity contribution >= 4 is 10.9 Å². The molecule has 2 aromatic rings. The van der Waals surface area contributed by atoms with E-state index >= 15 is 0 Å². The molecule has 0 bridgehead atoms.